The predicted octanol–water partition coefficient (Wildman–Crippen LogP) is 6.87. The van der Waals surface area contributed by atoms with E-state index in [1.165, 1.54) is 23.0 Å². The van der Waals surface area contributed by atoms with E-state index in [4.69, 9.17) is 9.41 Å². The molecular formula is C33H24BrN3O4S. The van der Waals surface area contributed by atoms with Crippen molar-refractivity contribution in [3.63, 3.8) is 0 Å². The summed E-state index contributed by atoms with van der Waals surface area (Å²) in [5.41, 5.74) is 7.50. The first-order valence-electron chi connectivity index (χ1n) is 13.5. The summed E-state index contributed by atoms with van der Waals surface area (Å²) in [5.74, 6) is 0.991. The summed E-state index contributed by atoms with van der Waals surface area (Å²) < 4.78 is 9.39. The Morgan fingerprint density at radius 3 is 2.64 bits per heavy atom. The summed E-state index contributed by atoms with van der Waals surface area (Å²) in [6.45, 7) is 3.58. The lowest BCUT2D eigenvalue weighted by Gasteiger charge is -2.30. The van der Waals surface area contributed by atoms with E-state index in [1.807, 2.05) is 35.8 Å². The number of allylic oxidation sites excluding steroid dienone is 1. The van der Waals surface area contributed by atoms with Crippen molar-refractivity contribution in [3.05, 3.63) is 146 Å². The number of nitro groups is 1. The van der Waals surface area contributed by atoms with E-state index < -0.39 is 0 Å². The summed E-state index contributed by atoms with van der Waals surface area (Å²) >= 11 is 4.88. The van der Waals surface area contributed by atoms with Gasteiger partial charge in [0.05, 0.1) is 21.2 Å². The Bertz CT molecular complexity index is 2140. The second kappa shape index (κ2) is 10.2. The van der Waals surface area contributed by atoms with Crippen LogP contribution in [0.5, 0.6) is 0 Å². The van der Waals surface area contributed by atoms with E-state index in [-0.39, 0.29) is 22.2 Å². The molecule has 0 saturated heterocycles. The van der Waals surface area contributed by atoms with Crippen LogP contribution in [0.3, 0.4) is 0 Å². The Labute approximate surface area is 253 Å². The minimum atomic E-state index is -0.379. The lowest BCUT2D eigenvalue weighted by molar-refractivity contribution is -0.385. The summed E-state index contributed by atoms with van der Waals surface area (Å²) in [6.07, 6.45) is 3.45. The topological polar surface area (TPSA) is 90.6 Å². The molecule has 0 N–H and O–H groups in total. The molecule has 1 atom stereocenters. The van der Waals surface area contributed by atoms with Crippen molar-refractivity contribution < 1.29 is 9.34 Å². The van der Waals surface area contributed by atoms with Gasteiger partial charge in [-0.25, -0.2) is 4.99 Å². The molecule has 0 radical (unpaired) electrons. The SMILES string of the molecule is Cc1cc(-c2ccc(/C=c3\sc4n(c3=O)[C@@H](c3ccc(Br)cc3)C3=C(N=4)c4ccccc4CC3)o2)cc([N+](=O)[O-])c1C. The van der Waals surface area contributed by atoms with Gasteiger partial charge in [0.2, 0.25) is 0 Å². The van der Waals surface area contributed by atoms with Crippen molar-refractivity contribution in [1.29, 1.82) is 0 Å². The van der Waals surface area contributed by atoms with Gasteiger partial charge in [0.15, 0.2) is 4.80 Å². The van der Waals surface area contributed by atoms with Crippen molar-refractivity contribution in [1.82, 2.24) is 4.57 Å². The van der Waals surface area contributed by atoms with E-state index in [0.717, 1.165) is 45.3 Å². The Balaban J connectivity index is 1.37. The standard InChI is InChI=1S/C33H24BrN3O4S/c1-18-15-22(16-27(19(18)2)37(39)40)28-14-12-24(41-28)17-29-32(38)36-31(21-7-10-23(34)11-8-21)26-13-9-20-5-3-4-6-25(20)30(26)35-33(36)42-29/h3-8,10-12,14-17,31H,9,13H2,1-2H3/b29-17-/t31-/m0/s1. The molecular weight excluding hydrogens is 614 g/mol. The van der Waals surface area contributed by atoms with Gasteiger partial charge in [-0.15, -0.1) is 0 Å². The molecule has 0 unspecified atom stereocenters. The molecule has 208 valence electrons. The number of nitrogens with zero attached hydrogens (tertiary/aromatic N) is 3. The van der Waals surface area contributed by atoms with Crippen LogP contribution in [0.15, 0.2) is 97.0 Å². The van der Waals surface area contributed by atoms with Crippen molar-refractivity contribution >= 4 is 44.7 Å². The van der Waals surface area contributed by atoms with Gasteiger partial charge in [-0.05, 0) is 79.3 Å². The molecule has 0 spiro atoms. The first kappa shape index (κ1) is 26.6. The third kappa shape index (κ3) is 4.40. The molecule has 42 heavy (non-hydrogen) atoms. The minimum Gasteiger partial charge on any atom is -0.457 e. The molecule has 5 aromatic rings. The number of nitro benzene ring substituents is 1. The summed E-state index contributed by atoms with van der Waals surface area (Å²) in [4.78, 5) is 30.9. The van der Waals surface area contributed by atoms with Gasteiger partial charge in [0, 0.05) is 33.3 Å². The number of hydrogen-bond donors (Lipinski definition) is 0. The summed E-state index contributed by atoms with van der Waals surface area (Å²) in [7, 11) is 0. The van der Waals surface area contributed by atoms with Crippen LogP contribution in [-0.2, 0) is 6.42 Å². The van der Waals surface area contributed by atoms with Crippen LogP contribution in [0.1, 0.15) is 46.0 Å². The van der Waals surface area contributed by atoms with Gasteiger partial charge in [-0.1, -0.05) is 63.7 Å². The van der Waals surface area contributed by atoms with E-state index in [0.29, 0.717) is 32.0 Å². The largest absolute Gasteiger partial charge is 0.457 e. The van der Waals surface area contributed by atoms with E-state index in [2.05, 4.69) is 46.3 Å². The first-order valence-corrected chi connectivity index (χ1v) is 15.1. The van der Waals surface area contributed by atoms with Gasteiger partial charge in [-0.3, -0.25) is 19.5 Å². The number of benzene rings is 3. The molecule has 2 aliphatic rings. The lowest BCUT2D eigenvalue weighted by atomic mass is 9.83. The third-order valence-electron chi connectivity index (χ3n) is 8.08. The smallest absolute Gasteiger partial charge is 0.273 e. The number of furan rings is 1. The maximum Gasteiger partial charge on any atom is 0.273 e. The van der Waals surface area contributed by atoms with E-state index >= 15 is 0 Å². The molecule has 7 nitrogen and oxygen atoms in total. The highest BCUT2D eigenvalue weighted by atomic mass is 79.9. The lowest BCUT2D eigenvalue weighted by Crippen LogP contribution is -2.38. The zero-order valence-corrected chi connectivity index (χ0v) is 25.2. The highest BCUT2D eigenvalue weighted by molar-refractivity contribution is 9.10. The highest BCUT2D eigenvalue weighted by Crippen LogP contribution is 2.41. The van der Waals surface area contributed by atoms with Crippen LogP contribution in [-0.4, -0.2) is 9.49 Å². The molecule has 7 rings (SSSR count). The van der Waals surface area contributed by atoms with Gasteiger partial charge in [0.25, 0.3) is 11.2 Å². The van der Waals surface area contributed by atoms with Gasteiger partial charge in [-0.2, -0.15) is 0 Å². The average Bonchev–Trinajstić information content (AvgIpc) is 3.58. The summed E-state index contributed by atoms with van der Waals surface area (Å²) in [5, 5.41) is 11.6. The fourth-order valence-electron chi connectivity index (χ4n) is 5.85. The molecule has 3 heterocycles. The molecule has 0 amide bonds. The Kier molecular flexibility index (Phi) is 6.44. The zero-order chi connectivity index (χ0) is 29.1. The number of halogens is 1. The number of rotatable bonds is 4. The van der Waals surface area contributed by atoms with Gasteiger partial charge < -0.3 is 4.42 Å². The Morgan fingerprint density at radius 2 is 1.86 bits per heavy atom. The number of fused-ring (bicyclic) bond motifs is 3. The van der Waals surface area contributed by atoms with Crippen LogP contribution in [0, 0.1) is 24.0 Å². The maximum absolute atomic E-state index is 14.0. The number of aryl methyl sites for hydroxylation is 2. The first-order chi connectivity index (χ1) is 20.3. The third-order valence-corrected chi connectivity index (χ3v) is 9.59. The number of thiazole rings is 1. The molecule has 3 aromatic carbocycles. The molecule has 1 aliphatic heterocycles. The summed E-state index contributed by atoms with van der Waals surface area (Å²) in [6, 6.07) is 23.2. The van der Waals surface area contributed by atoms with E-state index in [9.17, 15) is 14.9 Å². The molecule has 1 aliphatic carbocycles. The molecule has 0 saturated carbocycles. The molecule has 0 fully saturated rings. The van der Waals surface area contributed by atoms with Crippen LogP contribution < -0.4 is 14.9 Å². The Morgan fingerprint density at radius 1 is 1.07 bits per heavy atom. The highest BCUT2D eigenvalue weighted by Gasteiger charge is 2.32. The second-order valence-electron chi connectivity index (χ2n) is 10.6. The van der Waals surface area contributed by atoms with Gasteiger partial charge in [0.1, 0.15) is 11.5 Å². The van der Waals surface area contributed by atoms with Gasteiger partial charge >= 0.3 is 0 Å². The zero-order valence-electron chi connectivity index (χ0n) is 22.8. The fourth-order valence-corrected chi connectivity index (χ4v) is 7.10. The fraction of sp³-hybridized carbons (Fsp3) is 0.152. The predicted molar refractivity (Wildman–Crippen MR) is 167 cm³/mol. The van der Waals surface area contributed by atoms with Crippen LogP contribution in [0.25, 0.3) is 23.1 Å². The van der Waals surface area contributed by atoms with Crippen LogP contribution in [0.2, 0.25) is 0 Å². The van der Waals surface area contributed by atoms with E-state index in [1.54, 1.807) is 25.1 Å². The van der Waals surface area contributed by atoms with Crippen molar-refractivity contribution in [2.45, 2.75) is 32.7 Å². The second-order valence-corrected chi connectivity index (χ2v) is 12.5. The van der Waals surface area contributed by atoms with Crippen molar-refractivity contribution in [3.8, 4) is 11.3 Å². The van der Waals surface area contributed by atoms with Crippen molar-refractivity contribution in [2.75, 3.05) is 0 Å². The minimum absolute atomic E-state index is 0.0507. The normalized spacial score (nSPS) is 16.1. The van der Waals surface area contributed by atoms with Crippen LogP contribution >= 0.6 is 27.3 Å². The average molecular weight is 639 g/mol. The number of aromatic nitrogens is 1. The maximum atomic E-state index is 14.0. The Hall–Kier alpha value is -4.34. The molecule has 0 bridgehead atoms. The number of hydrogen-bond acceptors (Lipinski definition) is 6. The van der Waals surface area contributed by atoms with Crippen molar-refractivity contribution in [2.24, 2.45) is 4.99 Å². The monoisotopic (exact) mass is 637 g/mol. The molecule has 9 heteroatoms. The quantitative estimate of drug-likeness (QED) is 0.159. The van der Waals surface area contributed by atoms with Crippen LogP contribution in [0.4, 0.5) is 5.69 Å². The molecule has 2 aromatic heterocycles.